The molecule has 2 heterocycles. The van der Waals surface area contributed by atoms with Crippen LogP contribution in [0.2, 0.25) is 4.34 Å². The third-order valence-corrected chi connectivity index (χ3v) is 3.86. The Hall–Kier alpha value is -0.0900. The zero-order chi connectivity index (χ0) is 11.1. The van der Waals surface area contributed by atoms with E-state index >= 15 is 0 Å². The van der Waals surface area contributed by atoms with Crippen LogP contribution in [0.25, 0.3) is 0 Å². The fraction of sp³-hybridized carbons (Fsp3) is 0.636. The maximum atomic E-state index is 5.93. The molecule has 84 valence electrons. The summed E-state index contributed by atoms with van der Waals surface area (Å²) < 4.78 is 6.72. The van der Waals surface area contributed by atoms with Gasteiger partial charge in [-0.05, 0) is 32.9 Å². The Morgan fingerprint density at radius 3 is 2.80 bits per heavy atom. The van der Waals surface area contributed by atoms with Crippen LogP contribution in [0.4, 0.5) is 0 Å². The molecule has 1 aromatic heterocycles. The molecule has 2 atom stereocenters. The lowest BCUT2D eigenvalue weighted by molar-refractivity contribution is -0.0478. The van der Waals surface area contributed by atoms with E-state index in [1.807, 2.05) is 12.1 Å². The van der Waals surface area contributed by atoms with E-state index in [0.717, 1.165) is 10.9 Å². The maximum absolute atomic E-state index is 5.93. The zero-order valence-corrected chi connectivity index (χ0v) is 10.8. The van der Waals surface area contributed by atoms with Crippen molar-refractivity contribution in [3.05, 3.63) is 21.3 Å². The van der Waals surface area contributed by atoms with Crippen LogP contribution in [0.1, 0.15) is 31.8 Å². The maximum Gasteiger partial charge on any atom is 0.107 e. The highest BCUT2D eigenvalue weighted by atomic mass is 35.5. The molecule has 1 aromatic rings. The number of hydrogen-bond acceptors (Lipinski definition) is 3. The van der Waals surface area contributed by atoms with Crippen molar-refractivity contribution >= 4 is 22.9 Å². The molecule has 0 aliphatic carbocycles. The van der Waals surface area contributed by atoms with Gasteiger partial charge in [0.2, 0.25) is 0 Å². The summed E-state index contributed by atoms with van der Waals surface area (Å²) in [5, 5.41) is 3.55. The lowest BCUT2D eigenvalue weighted by Gasteiger charge is -2.40. The van der Waals surface area contributed by atoms with Gasteiger partial charge in [0.1, 0.15) is 6.10 Å². The summed E-state index contributed by atoms with van der Waals surface area (Å²) in [6.07, 6.45) is 0.135. The number of nitrogens with one attached hydrogen (secondary N) is 1. The Bertz CT molecular complexity index is 350. The second kappa shape index (κ2) is 4.06. The van der Waals surface area contributed by atoms with Gasteiger partial charge >= 0.3 is 0 Å². The number of halogens is 1. The summed E-state index contributed by atoms with van der Waals surface area (Å²) in [6.45, 7) is 7.19. The van der Waals surface area contributed by atoms with Crippen LogP contribution in [0, 0.1) is 0 Å². The Kier molecular flexibility index (Phi) is 3.08. The average molecular weight is 246 g/mol. The summed E-state index contributed by atoms with van der Waals surface area (Å²) >= 11 is 7.52. The highest BCUT2D eigenvalue weighted by Gasteiger charge is 2.33. The molecule has 0 amide bonds. The van der Waals surface area contributed by atoms with E-state index in [1.165, 1.54) is 4.88 Å². The molecule has 0 saturated carbocycles. The van der Waals surface area contributed by atoms with Gasteiger partial charge in [-0.3, -0.25) is 0 Å². The predicted octanol–water partition coefficient (Wildman–Crippen LogP) is 3.23. The van der Waals surface area contributed by atoms with Gasteiger partial charge in [0.25, 0.3) is 0 Å². The van der Waals surface area contributed by atoms with Crippen LogP contribution in [0.15, 0.2) is 12.1 Å². The van der Waals surface area contributed by atoms with Crippen molar-refractivity contribution in [1.29, 1.82) is 0 Å². The van der Waals surface area contributed by atoms with Gasteiger partial charge in [-0.2, -0.15) is 0 Å². The van der Waals surface area contributed by atoms with E-state index < -0.39 is 0 Å². The Labute approximate surface area is 99.6 Å². The van der Waals surface area contributed by atoms with Gasteiger partial charge < -0.3 is 10.1 Å². The van der Waals surface area contributed by atoms with E-state index in [4.69, 9.17) is 16.3 Å². The van der Waals surface area contributed by atoms with Crippen LogP contribution in [-0.4, -0.2) is 18.2 Å². The molecule has 2 unspecified atom stereocenters. The van der Waals surface area contributed by atoms with Crippen molar-refractivity contribution in [3.63, 3.8) is 0 Å². The van der Waals surface area contributed by atoms with Crippen LogP contribution < -0.4 is 5.32 Å². The van der Waals surface area contributed by atoms with Gasteiger partial charge in [-0.1, -0.05) is 11.6 Å². The molecule has 1 fully saturated rings. The molecule has 1 aliphatic rings. The first-order chi connectivity index (χ1) is 6.98. The van der Waals surface area contributed by atoms with Crippen molar-refractivity contribution in [2.75, 3.05) is 6.61 Å². The number of thiophene rings is 1. The molecule has 0 radical (unpaired) electrons. The lowest BCUT2D eigenvalue weighted by Crippen LogP contribution is -2.55. The van der Waals surface area contributed by atoms with Gasteiger partial charge in [0, 0.05) is 16.5 Å². The van der Waals surface area contributed by atoms with Crippen LogP contribution in [-0.2, 0) is 4.74 Å². The fourth-order valence-corrected chi connectivity index (χ4v) is 3.20. The second-order valence-electron chi connectivity index (χ2n) is 4.69. The molecule has 4 heteroatoms. The molecule has 15 heavy (non-hydrogen) atoms. The third-order valence-electron chi connectivity index (χ3n) is 2.57. The lowest BCUT2D eigenvalue weighted by atomic mass is 9.99. The van der Waals surface area contributed by atoms with Gasteiger partial charge in [-0.25, -0.2) is 0 Å². The van der Waals surface area contributed by atoms with Crippen LogP contribution in [0.3, 0.4) is 0 Å². The van der Waals surface area contributed by atoms with E-state index in [-0.39, 0.29) is 11.6 Å². The largest absolute Gasteiger partial charge is 0.369 e. The Balaban J connectivity index is 2.12. The molecular weight excluding hydrogens is 230 g/mol. The van der Waals surface area contributed by atoms with Crippen molar-refractivity contribution in [3.8, 4) is 0 Å². The summed E-state index contributed by atoms with van der Waals surface area (Å²) in [6, 6.07) is 4.30. The van der Waals surface area contributed by atoms with Crippen molar-refractivity contribution in [1.82, 2.24) is 5.32 Å². The molecule has 1 aliphatic heterocycles. The molecule has 2 rings (SSSR count). The second-order valence-corrected chi connectivity index (χ2v) is 6.44. The topological polar surface area (TPSA) is 21.3 Å². The third kappa shape index (κ3) is 2.53. The quantitative estimate of drug-likeness (QED) is 0.820. The summed E-state index contributed by atoms with van der Waals surface area (Å²) in [5.74, 6) is 0. The first-order valence-corrected chi connectivity index (χ1v) is 6.32. The van der Waals surface area contributed by atoms with Crippen molar-refractivity contribution < 1.29 is 4.74 Å². The smallest absolute Gasteiger partial charge is 0.107 e. The van der Waals surface area contributed by atoms with E-state index in [0.29, 0.717) is 6.04 Å². The molecule has 1 N–H and O–H groups in total. The van der Waals surface area contributed by atoms with Crippen LogP contribution in [0.5, 0.6) is 0 Å². The average Bonchev–Trinajstić information content (AvgIpc) is 2.50. The Morgan fingerprint density at radius 1 is 1.53 bits per heavy atom. The molecular formula is C11H16ClNOS. The molecule has 2 nitrogen and oxygen atoms in total. The summed E-state index contributed by atoms with van der Waals surface area (Å²) in [5.41, 5.74) is 0.0664. The highest BCUT2D eigenvalue weighted by Crippen LogP contribution is 2.34. The minimum atomic E-state index is 0.0664. The van der Waals surface area contributed by atoms with E-state index in [1.54, 1.807) is 11.3 Å². The Morgan fingerprint density at radius 2 is 2.27 bits per heavy atom. The normalized spacial score (nSPS) is 30.4. The number of ether oxygens (including phenoxy) is 1. The molecule has 0 spiro atoms. The number of rotatable bonds is 1. The van der Waals surface area contributed by atoms with Gasteiger partial charge in [-0.15, -0.1) is 11.3 Å². The SMILES string of the molecule is CC1NC(C)(C)COC1c1ccc(Cl)s1. The molecule has 0 bridgehead atoms. The number of hydrogen-bond donors (Lipinski definition) is 1. The van der Waals surface area contributed by atoms with Gasteiger partial charge in [0.15, 0.2) is 0 Å². The first-order valence-electron chi connectivity index (χ1n) is 5.12. The first kappa shape index (κ1) is 11.4. The monoisotopic (exact) mass is 245 g/mol. The summed E-state index contributed by atoms with van der Waals surface area (Å²) in [4.78, 5) is 1.20. The van der Waals surface area contributed by atoms with Gasteiger partial charge in [0.05, 0.1) is 10.9 Å². The van der Waals surface area contributed by atoms with E-state index in [9.17, 15) is 0 Å². The van der Waals surface area contributed by atoms with Crippen molar-refractivity contribution in [2.45, 2.75) is 38.5 Å². The number of morpholine rings is 1. The molecule has 1 saturated heterocycles. The predicted molar refractivity (Wildman–Crippen MR) is 64.7 cm³/mol. The molecule has 0 aromatic carbocycles. The summed E-state index contributed by atoms with van der Waals surface area (Å²) in [7, 11) is 0. The fourth-order valence-electron chi connectivity index (χ4n) is 1.99. The minimum Gasteiger partial charge on any atom is -0.369 e. The van der Waals surface area contributed by atoms with Crippen LogP contribution >= 0.6 is 22.9 Å². The highest BCUT2D eigenvalue weighted by molar-refractivity contribution is 7.16. The zero-order valence-electron chi connectivity index (χ0n) is 9.21. The standard InChI is InChI=1S/C11H16ClNOS/c1-7-10(8-4-5-9(12)15-8)14-6-11(2,3)13-7/h4-5,7,10,13H,6H2,1-3H3. The van der Waals surface area contributed by atoms with Crippen molar-refractivity contribution in [2.24, 2.45) is 0 Å². The minimum absolute atomic E-state index is 0.0664. The van der Waals surface area contributed by atoms with E-state index in [2.05, 4.69) is 26.1 Å².